The van der Waals surface area contributed by atoms with Gasteiger partial charge in [-0.3, -0.25) is 4.79 Å². The van der Waals surface area contributed by atoms with Gasteiger partial charge in [-0.15, -0.1) is 0 Å². The van der Waals surface area contributed by atoms with E-state index in [-0.39, 0.29) is 24.7 Å². The molecule has 2 unspecified atom stereocenters. The summed E-state index contributed by atoms with van der Waals surface area (Å²) in [6.45, 7) is 7.05. The summed E-state index contributed by atoms with van der Waals surface area (Å²) in [6.07, 6.45) is 0.00403. The van der Waals surface area contributed by atoms with Gasteiger partial charge in [0.2, 0.25) is 0 Å². The Labute approximate surface area is 138 Å². The first-order valence-electron chi connectivity index (χ1n) is 7.88. The van der Waals surface area contributed by atoms with Gasteiger partial charge in [-0.1, -0.05) is 37.3 Å². The molecule has 0 radical (unpaired) electrons. The van der Waals surface area contributed by atoms with E-state index in [1.807, 2.05) is 30.3 Å². The lowest BCUT2D eigenvalue weighted by atomic mass is 9.96. The van der Waals surface area contributed by atoms with Crippen LogP contribution in [0.5, 0.6) is 0 Å². The van der Waals surface area contributed by atoms with Crippen LogP contribution in [0.1, 0.15) is 39.7 Å². The quantitative estimate of drug-likeness (QED) is 0.809. The number of Topliss-reactive ketones (excluding diaryl/α,β-unsaturated/α-hetero) is 1. The highest BCUT2D eigenvalue weighted by Gasteiger charge is 2.25. The number of benzene rings is 1. The lowest BCUT2D eigenvalue weighted by molar-refractivity contribution is -0.122. The van der Waals surface area contributed by atoms with E-state index in [1.54, 1.807) is 27.7 Å². The fraction of sp³-hybridized carbons (Fsp3) is 0.556. The second-order valence-corrected chi connectivity index (χ2v) is 6.85. The number of aliphatic hydroxyl groups is 1. The minimum absolute atomic E-state index is 0.0593. The molecule has 0 saturated heterocycles. The van der Waals surface area contributed by atoms with Gasteiger partial charge in [0, 0.05) is 13.0 Å². The van der Waals surface area contributed by atoms with Crippen LogP contribution in [0.25, 0.3) is 0 Å². The summed E-state index contributed by atoms with van der Waals surface area (Å²) in [5.41, 5.74) is 0.335. The zero-order valence-corrected chi connectivity index (χ0v) is 14.3. The third kappa shape index (κ3) is 7.79. The lowest BCUT2D eigenvalue weighted by Gasteiger charge is -2.23. The Kier molecular flexibility index (Phi) is 7.23. The SMILES string of the molecule is CC(CO)CC(=O)C(Cc1ccccc1)NC(=O)OC(C)(C)C. The zero-order valence-electron chi connectivity index (χ0n) is 14.3. The van der Waals surface area contributed by atoms with Gasteiger partial charge in [0.05, 0.1) is 6.04 Å². The Morgan fingerprint density at radius 2 is 1.83 bits per heavy atom. The smallest absolute Gasteiger partial charge is 0.408 e. The number of ether oxygens (including phenoxy) is 1. The van der Waals surface area contributed by atoms with E-state index in [0.29, 0.717) is 6.42 Å². The molecule has 2 atom stereocenters. The standard InChI is InChI=1S/C18H27NO4/c1-13(12-20)10-16(21)15(11-14-8-6-5-7-9-14)19-17(22)23-18(2,3)4/h5-9,13,15,20H,10-12H2,1-4H3,(H,19,22). The van der Waals surface area contributed by atoms with E-state index in [0.717, 1.165) is 5.56 Å². The summed E-state index contributed by atoms with van der Waals surface area (Å²) in [5, 5.41) is 11.8. The van der Waals surface area contributed by atoms with Gasteiger partial charge < -0.3 is 15.2 Å². The van der Waals surface area contributed by atoms with Crippen molar-refractivity contribution in [1.82, 2.24) is 5.32 Å². The van der Waals surface area contributed by atoms with Crippen LogP contribution in [0, 0.1) is 5.92 Å². The van der Waals surface area contributed by atoms with Crippen LogP contribution < -0.4 is 5.32 Å². The van der Waals surface area contributed by atoms with E-state index >= 15 is 0 Å². The van der Waals surface area contributed by atoms with Gasteiger partial charge in [0.1, 0.15) is 5.60 Å². The van der Waals surface area contributed by atoms with Gasteiger partial charge in [-0.05, 0) is 38.7 Å². The third-order valence-corrected chi connectivity index (χ3v) is 3.22. The number of amides is 1. The Morgan fingerprint density at radius 1 is 1.22 bits per heavy atom. The maximum Gasteiger partial charge on any atom is 0.408 e. The molecular formula is C18H27NO4. The predicted octanol–water partition coefficient (Wildman–Crippen LogP) is 2.71. The highest BCUT2D eigenvalue weighted by atomic mass is 16.6. The van der Waals surface area contributed by atoms with Crippen molar-refractivity contribution in [2.24, 2.45) is 5.92 Å². The van der Waals surface area contributed by atoms with Gasteiger partial charge in [-0.25, -0.2) is 4.79 Å². The second kappa shape index (κ2) is 8.67. The van der Waals surface area contributed by atoms with Crippen LogP contribution in [0.2, 0.25) is 0 Å². The van der Waals surface area contributed by atoms with Gasteiger partial charge in [0.25, 0.3) is 0 Å². The molecule has 0 aliphatic carbocycles. The molecule has 0 spiro atoms. The molecule has 0 aliphatic heterocycles. The zero-order chi connectivity index (χ0) is 17.5. The molecule has 1 aromatic carbocycles. The minimum atomic E-state index is -0.666. The van der Waals surface area contributed by atoms with Crippen molar-refractivity contribution in [3.05, 3.63) is 35.9 Å². The van der Waals surface area contributed by atoms with Crippen LogP contribution in [0.15, 0.2) is 30.3 Å². The van der Waals surface area contributed by atoms with Crippen molar-refractivity contribution in [1.29, 1.82) is 0 Å². The number of hydrogen-bond donors (Lipinski definition) is 2. The van der Waals surface area contributed by atoms with Crippen LogP contribution in [-0.2, 0) is 16.0 Å². The molecule has 2 N–H and O–H groups in total. The largest absolute Gasteiger partial charge is 0.444 e. The Bertz CT molecular complexity index is 508. The van der Waals surface area contributed by atoms with Crippen molar-refractivity contribution in [3.63, 3.8) is 0 Å². The second-order valence-electron chi connectivity index (χ2n) is 6.85. The first-order chi connectivity index (χ1) is 10.7. The van der Waals surface area contributed by atoms with Gasteiger partial charge >= 0.3 is 6.09 Å². The molecule has 0 fully saturated rings. The molecule has 0 aromatic heterocycles. The molecule has 0 aliphatic rings. The maximum absolute atomic E-state index is 12.4. The monoisotopic (exact) mass is 321 g/mol. The normalized spacial score (nSPS) is 14.0. The van der Waals surface area contributed by atoms with Crippen molar-refractivity contribution in [2.75, 3.05) is 6.61 Å². The summed E-state index contributed by atoms with van der Waals surface area (Å²) in [5.74, 6) is -0.248. The number of ketones is 1. The summed E-state index contributed by atoms with van der Waals surface area (Å²) < 4.78 is 5.24. The number of hydrogen-bond acceptors (Lipinski definition) is 4. The van der Waals surface area contributed by atoms with Crippen molar-refractivity contribution in [3.8, 4) is 0 Å². The number of rotatable bonds is 7. The summed E-state index contributed by atoms with van der Waals surface area (Å²) >= 11 is 0. The summed E-state index contributed by atoms with van der Waals surface area (Å²) in [6, 6.07) is 8.83. The molecular weight excluding hydrogens is 294 g/mol. The van der Waals surface area contributed by atoms with E-state index in [4.69, 9.17) is 9.84 Å². The van der Waals surface area contributed by atoms with E-state index in [9.17, 15) is 9.59 Å². The Hall–Kier alpha value is -1.88. The number of nitrogens with one attached hydrogen (secondary N) is 1. The first-order valence-corrected chi connectivity index (χ1v) is 7.88. The van der Waals surface area contributed by atoms with Crippen LogP contribution in [0.3, 0.4) is 0 Å². The molecule has 1 amide bonds. The van der Waals surface area contributed by atoms with E-state index < -0.39 is 17.7 Å². The topological polar surface area (TPSA) is 75.6 Å². The number of carbonyl (C=O) groups excluding carboxylic acids is 2. The first kappa shape index (κ1) is 19.2. The lowest BCUT2D eigenvalue weighted by Crippen LogP contribution is -2.45. The number of aliphatic hydroxyl groups excluding tert-OH is 1. The van der Waals surface area contributed by atoms with Crippen LogP contribution >= 0.6 is 0 Å². The summed E-state index contributed by atoms with van der Waals surface area (Å²) in [7, 11) is 0. The molecule has 0 heterocycles. The van der Waals surface area contributed by atoms with Crippen molar-refractivity contribution >= 4 is 11.9 Å². The maximum atomic E-state index is 12.4. The number of carbonyl (C=O) groups is 2. The highest BCUT2D eigenvalue weighted by molar-refractivity contribution is 5.87. The fourth-order valence-electron chi connectivity index (χ4n) is 2.10. The Morgan fingerprint density at radius 3 is 2.35 bits per heavy atom. The molecule has 0 bridgehead atoms. The average molecular weight is 321 g/mol. The number of alkyl carbamates (subject to hydrolysis) is 1. The van der Waals surface area contributed by atoms with E-state index in [1.165, 1.54) is 0 Å². The third-order valence-electron chi connectivity index (χ3n) is 3.22. The van der Waals surface area contributed by atoms with E-state index in [2.05, 4.69) is 5.32 Å². The van der Waals surface area contributed by atoms with Crippen molar-refractivity contribution in [2.45, 2.75) is 52.2 Å². The molecule has 5 heteroatoms. The molecule has 128 valence electrons. The van der Waals surface area contributed by atoms with Crippen molar-refractivity contribution < 1.29 is 19.4 Å². The van der Waals surface area contributed by atoms with Gasteiger partial charge in [0.15, 0.2) is 5.78 Å². The fourth-order valence-corrected chi connectivity index (χ4v) is 2.10. The molecule has 1 rings (SSSR count). The molecule has 5 nitrogen and oxygen atoms in total. The molecule has 1 aromatic rings. The summed E-state index contributed by atoms with van der Waals surface area (Å²) in [4.78, 5) is 24.4. The van der Waals surface area contributed by atoms with Crippen LogP contribution in [0.4, 0.5) is 4.79 Å². The predicted molar refractivity (Wildman–Crippen MR) is 89.2 cm³/mol. The molecule has 23 heavy (non-hydrogen) atoms. The highest BCUT2D eigenvalue weighted by Crippen LogP contribution is 2.11. The van der Waals surface area contributed by atoms with Crippen LogP contribution in [-0.4, -0.2) is 35.2 Å². The van der Waals surface area contributed by atoms with Gasteiger partial charge in [-0.2, -0.15) is 0 Å². The minimum Gasteiger partial charge on any atom is -0.444 e. The molecule has 0 saturated carbocycles. The Balaban J connectivity index is 2.79. The average Bonchev–Trinajstić information content (AvgIpc) is 2.45.